The van der Waals surface area contributed by atoms with Crippen molar-refractivity contribution in [1.29, 1.82) is 0 Å². The lowest BCUT2D eigenvalue weighted by Gasteiger charge is -2.20. The van der Waals surface area contributed by atoms with Crippen LogP contribution in [0.4, 0.5) is 0 Å². The van der Waals surface area contributed by atoms with Crippen LogP contribution in [-0.4, -0.2) is 39.0 Å². The van der Waals surface area contributed by atoms with Crippen molar-refractivity contribution in [3.63, 3.8) is 0 Å². The van der Waals surface area contributed by atoms with Crippen LogP contribution in [0, 0.1) is 5.92 Å². The fraction of sp³-hybridized carbons (Fsp3) is 0.800. The van der Waals surface area contributed by atoms with Crippen LogP contribution in [0.3, 0.4) is 0 Å². The van der Waals surface area contributed by atoms with Crippen LogP contribution in [0.2, 0.25) is 0 Å². The molecule has 0 aliphatic carbocycles. The third-order valence-corrected chi connectivity index (χ3v) is 4.97. The molecule has 15 heavy (non-hydrogen) atoms. The van der Waals surface area contributed by atoms with E-state index in [1.54, 1.807) is 0 Å². The molecule has 2 aliphatic heterocycles. The molecule has 82 valence electrons. The molecule has 0 aromatic carbocycles. The van der Waals surface area contributed by atoms with E-state index < -0.39 is 0 Å². The van der Waals surface area contributed by atoms with E-state index in [2.05, 4.69) is 20.6 Å². The first-order chi connectivity index (χ1) is 7.38. The van der Waals surface area contributed by atoms with Gasteiger partial charge in [0.2, 0.25) is 0 Å². The number of hydrogen-bond donors (Lipinski definition) is 0. The van der Waals surface area contributed by atoms with Crippen molar-refractivity contribution in [2.24, 2.45) is 5.92 Å². The van der Waals surface area contributed by atoms with E-state index in [0.29, 0.717) is 5.92 Å². The molecule has 0 saturated carbocycles. The van der Waals surface area contributed by atoms with Gasteiger partial charge in [0, 0.05) is 19.0 Å². The maximum atomic E-state index is 4.52. The maximum Gasteiger partial charge on any atom is 0.134 e. The van der Waals surface area contributed by atoms with E-state index in [-0.39, 0.29) is 0 Å². The molecule has 0 amide bonds. The molecule has 1 aromatic rings. The van der Waals surface area contributed by atoms with Gasteiger partial charge in [0.05, 0.1) is 17.4 Å². The van der Waals surface area contributed by atoms with Crippen molar-refractivity contribution in [2.45, 2.75) is 24.3 Å². The molecular weight excluding hydrogens is 226 g/mol. The molecule has 0 N–H and O–H groups in total. The number of fused-ring (bicyclic) bond motifs is 2. The first-order valence-corrected chi connectivity index (χ1v) is 7.27. The normalized spacial score (nSPS) is 33.8. The molecule has 3 nitrogen and oxygen atoms in total. The predicted octanol–water partition coefficient (Wildman–Crippen LogP) is 2.07. The fourth-order valence-electron chi connectivity index (χ4n) is 2.74. The van der Waals surface area contributed by atoms with Crippen molar-refractivity contribution < 1.29 is 0 Å². The molecule has 3 atom stereocenters. The van der Waals surface area contributed by atoms with Gasteiger partial charge in [-0.25, -0.2) is 0 Å². The first kappa shape index (κ1) is 10.1. The van der Waals surface area contributed by atoms with Gasteiger partial charge in [-0.3, -0.25) is 0 Å². The molecule has 2 fully saturated rings. The highest BCUT2D eigenvalue weighted by Crippen LogP contribution is 2.41. The van der Waals surface area contributed by atoms with Gasteiger partial charge in [-0.15, -0.1) is 11.8 Å². The minimum atomic E-state index is 0.673. The summed E-state index contributed by atoms with van der Waals surface area (Å²) < 4.78 is 8.93. The van der Waals surface area contributed by atoms with Gasteiger partial charge >= 0.3 is 0 Å². The Balaban J connectivity index is 1.83. The van der Waals surface area contributed by atoms with Crippen LogP contribution >= 0.6 is 23.5 Å². The number of rotatable bonds is 3. The average molecular weight is 241 g/mol. The quantitative estimate of drug-likeness (QED) is 0.758. The summed E-state index contributed by atoms with van der Waals surface area (Å²) in [6.07, 6.45) is 1.36. The summed E-state index contributed by atoms with van der Waals surface area (Å²) in [7, 11) is 0. The summed E-state index contributed by atoms with van der Waals surface area (Å²) in [6, 6.07) is 0. The van der Waals surface area contributed by atoms with Gasteiger partial charge in [0.25, 0.3) is 0 Å². The standard InChI is InChI=1S/C10H15N3S2/c1-2-14-10-9(11-15-12-10)8-6-13-4-3-7(8)5-13/h7-8H,2-6H2,1H3/t7-,8+/m0/s1. The topological polar surface area (TPSA) is 29.0 Å². The predicted molar refractivity (Wildman–Crippen MR) is 63.6 cm³/mol. The molecule has 3 heterocycles. The number of thioether (sulfide) groups is 1. The second-order valence-corrected chi connectivity index (χ2v) is 6.08. The molecule has 2 aliphatic rings. The zero-order valence-corrected chi connectivity index (χ0v) is 10.5. The zero-order valence-electron chi connectivity index (χ0n) is 8.85. The van der Waals surface area contributed by atoms with Gasteiger partial charge in [-0.1, -0.05) is 6.92 Å². The Morgan fingerprint density at radius 1 is 1.47 bits per heavy atom. The van der Waals surface area contributed by atoms with Crippen molar-refractivity contribution >= 4 is 23.5 Å². The highest BCUT2D eigenvalue weighted by Gasteiger charge is 2.41. The molecule has 2 bridgehead atoms. The molecule has 1 aromatic heterocycles. The van der Waals surface area contributed by atoms with Crippen molar-refractivity contribution in [2.75, 3.05) is 25.4 Å². The molecule has 3 rings (SSSR count). The summed E-state index contributed by atoms with van der Waals surface area (Å²) in [5, 5.41) is 1.20. The van der Waals surface area contributed by atoms with Crippen LogP contribution in [0.15, 0.2) is 5.03 Å². The summed E-state index contributed by atoms with van der Waals surface area (Å²) >= 11 is 3.22. The number of nitrogens with zero attached hydrogens (tertiary/aromatic N) is 3. The smallest absolute Gasteiger partial charge is 0.134 e. The molecule has 0 radical (unpaired) electrons. The van der Waals surface area contributed by atoms with Crippen molar-refractivity contribution in [3.8, 4) is 0 Å². The fourth-order valence-corrected chi connectivity index (χ4v) is 4.25. The van der Waals surface area contributed by atoms with Gasteiger partial charge in [-0.2, -0.15) is 8.75 Å². The molecule has 1 unspecified atom stereocenters. The Morgan fingerprint density at radius 3 is 3.07 bits per heavy atom. The maximum absolute atomic E-state index is 4.52. The second kappa shape index (κ2) is 4.03. The lowest BCUT2D eigenvalue weighted by molar-refractivity contribution is 0.342. The van der Waals surface area contributed by atoms with Gasteiger partial charge < -0.3 is 4.90 Å². The highest BCUT2D eigenvalue weighted by molar-refractivity contribution is 7.99. The molecule has 0 spiro atoms. The highest BCUT2D eigenvalue weighted by atomic mass is 32.2. The van der Waals surface area contributed by atoms with Crippen LogP contribution < -0.4 is 0 Å². The number of hydrogen-bond acceptors (Lipinski definition) is 5. The Bertz CT molecular complexity index is 352. The second-order valence-electron chi connectivity index (χ2n) is 4.30. The minimum Gasteiger partial charge on any atom is -0.302 e. The minimum absolute atomic E-state index is 0.673. The summed E-state index contributed by atoms with van der Waals surface area (Å²) in [6.45, 7) is 5.98. The SMILES string of the molecule is CCSc1nsnc1[C@@H]1CN2CC[C@H]1C2. The average Bonchev–Trinajstić information content (AvgIpc) is 2.91. The van der Waals surface area contributed by atoms with Crippen LogP contribution in [0.25, 0.3) is 0 Å². The van der Waals surface area contributed by atoms with Gasteiger partial charge in [0.1, 0.15) is 5.03 Å². The monoisotopic (exact) mass is 241 g/mol. The van der Waals surface area contributed by atoms with E-state index in [0.717, 1.165) is 11.7 Å². The molecule has 5 heteroatoms. The zero-order chi connectivity index (χ0) is 10.3. The van der Waals surface area contributed by atoms with Crippen molar-refractivity contribution in [1.82, 2.24) is 13.6 Å². The third kappa shape index (κ3) is 1.70. The lowest BCUT2D eigenvalue weighted by atomic mass is 9.90. The van der Waals surface area contributed by atoms with E-state index in [1.165, 1.54) is 48.5 Å². The lowest BCUT2D eigenvalue weighted by Crippen LogP contribution is -2.22. The van der Waals surface area contributed by atoms with E-state index in [4.69, 9.17) is 0 Å². The summed E-state index contributed by atoms with van der Waals surface area (Å²) in [5.41, 5.74) is 1.29. The van der Waals surface area contributed by atoms with Crippen LogP contribution in [0.5, 0.6) is 0 Å². The molecule has 2 saturated heterocycles. The number of aromatic nitrogens is 2. The Morgan fingerprint density at radius 2 is 2.40 bits per heavy atom. The molecular formula is C10H15N3S2. The van der Waals surface area contributed by atoms with E-state index in [1.807, 2.05) is 11.8 Å². The van der Waals surface area contributed by atoms with Crippen LogP contribution in [-0.2, 0) is 0 Å². The Kier molecular flexibility index (Phi) is 2.70. The largest absolute Gasteiger partial charge is 0.302 e. The van der Waals surface area contributed by atoms with E-state index >= 15 is 0 Å². The number of piperidine rings is 1. The van der Waals surface area contributed by atoms with Crippen molar-refractivity contribution in [3.05, 3.63) is 5.69 Å². The van der Waals surface area contributed by atoms with E-state index in [9.17, 15) is 0 Å². The summed E-state index contributed by atoms with van der Waals surface area (Å²) in [4.78, 5) is 2.56. The summed E-state index contributed by atoms with van der Waals surface area (Å²) in [5.74, 6) is 2.62. The van der Waals surface area contributed by atoms with Gasteiger partial charge in [0.15, 0.2) is 0 Å². The third-order valence-electron chi connectivity index (χ3n) is 3.45. The van der Waals surface area contributed by atoms with Gasteiger partial charge in [-0.05, 0) is 24.6 Å². The first-order valence-electron chi connectivity index (χ1n) is 5.56. The Hall–Kier alpha value is -0.130. The Labute approximate surface area is 98.6 Å². The van der Waals surface area contributed by atoms with Crippen LogP contribution in [0.1, 0.15) is 25.0 Å².